The number of benzene rings is 1. The fraction of sp³-hybridized carbons (Fsp3) is 0.476. The predicted octanol–water partition coefficient (Wildman–Crippen LogP) is 3.58. The van der Waals surface area contributed by atoms with Crippen LogP contribution < -0.4 is 16.0 Å². The molecule has 0 saturated heterocycles. The van der Waals surface area contributed by atoms with E-state index in [0.29, 0.717) is 23.9 Å². The topological polar surface area (TPSA) is 99.2 Å². The number of carbonyl (C=O) groups is 1. The molecule has 1 atom stereocenters. The molecule has 7 heteroatoms. The maximum absolute atomic E-state index is 12.8. The van der Waals surface area contributed by atoms with Crippen molar-refractivity contribution in [2.45, 2.75) is 51.6 Å². The molecular weight excluding hydrogens is 354 g/mol. The maximum atomic E-state index is 12.8. The van der Waals surface area contributed by atoms with Crippen LogP contribution in [0.1, 0.15) is 54.4 Å². The van der Waals surface area contributed by atoms with Crippen LogP contribution in [0.3, 0.4) is 0 Å². The molecule has 1 amide bonds. The average Bonchev–Trinajstić information content (AvgIpc) is 2.69. The van der Waals surface area contributed by atoms with Crippen molar-refractivity contribution in [3.8, 4) is 0 Å². The summed E-state index contributed by atoms with van der Waals surface area (Å²) < 4.78 is 0. The first kappa shape index (κ1) is 20.1. The van der Waals surface area contributed by atoms with E-state index in [4.69, 9.17) is 0 Å². The smallest absolute Gasteiger partial charge is 0.260 e. The van der Waals surface area contributed by atoms with E-state index >= 15 is 0 Å². The van der Waals surface area contributed by atoms with Gasteiger partial charge < -0.3 is 21.1 Å². The lowest BCUT2D eigenvalue weighted by molar-refractivity contribution is 0.102. The molecule has 2 bridgehead atoms. The molecule has 1 aromatic heterocycles. The van der Waals surface area contributed by atoms with E-state index in [-0.39, 0.29) is 12.0 Å². The predicted molar refractivity (Wildman–Crippen MR) is 112 cm³/mol. The monoisotopic (exact) mass is 383 g/mol. The summed E-state index contributed by atoms with van der Waals surface area (Å²) in [5.74, 6) is 0.777. The lowest BCUT2D eigenvalue weighted by atomic mass is 10.1. The number of anilines is 3. The van der Waals surface area contributed by atoms with Gasteiger partial charge >= 0.3 is 0 Å². The summed E-state index contributed by atoms with van der Waals surface area (Å²) in [6.07, 6.45) is 6.78. The van der Waals surface area contributed by atoms with Crippen molar-refractivity contribution < 1.29 is 9.90 Å². The van der Waals surface area contributed by atoms with Gasteiger partial charge in [0.2, 0.25) is 5.95 Å². The van der Waals surface area contributed by atoms with Crippen LogP contribution in [0.15, 0.2) is 30.5 Å². The number of amides is 1. The Morgan fingerprint density at radius 3 is 2.64 bits per heavy atom. The molecule has 1 aromatic carbocycles. The Balaban J connectivity index is 1.74. The highest BCUT2D eigenvalue weighted by Gasteiger charge is 2.16. The second kappa shape index (κ2) is 10.0. The third-order valence-corrected chi connectivity index (χ3v) is 4.85. The number of aromatic nitrogens is 2. The van der Waals surface area contributed by atoms with Crippen molar-refractivity contribution in [3.63, 3.8) is 0 Å². The zero-order valence-corrected chi connectivity index (χ0v) is 16.4. The first-order valence-electron chi connectivity index (χ1n) is 10.0. The Bertz CT molecular complexity index is 779. The molecule has 1 aliphatic heterocycles. The van der Waals surface area contributed by atoms with E-state index in [1.807, 2.05) is 31.2 Å². The second-order valence-corrected chi connectivity index (χ2v) is 7.27. The van der Waals surface area contributed by atoms with Crippen LogP contribution in [0.2, 0.25) is 0 Å². The Hall–Kier alpha value is -2.67. The highest BCUT2D eigenvalue weighted by atomic mass is 16.3. The number of rotatable bonds is 2. The molecule has 0 aliphatic carbocycles. The summed E-state index contributed by atoms with van der Waals surface area (Å²) in [4.78, 5) is 21.6. The standard InChI is InChI=1S/C21H29N5O2/c1-15-8-10-16(11-9-15)25-20(28)18-14-24-21-23-12-4-2-3-6-17(27)7-5-13-22-19(18)26-21/h8-11,14,17,27H,2-7,12-13H2,1H3,(H,25,28)(H2,22,23,24,26). The van der Waals surface area contributed by atoms with Gasteiger partial charge in [0.25, 0.3) is 5.91 Å². The Kier molecular flexibility index (Phi) is 7.19. The lowest BCUT2D eigenvalue weighted by Crippen LogP contribution is -2.19. The third-order valence-electron chi connectivity index (χ3n) is 4.85. The fourth-order valence-electron chi connectivity index (χ4n) is 3.17. The van der Waals surface area contributed by atoms with E-state index in [0.717, 1.165) is 56.3 Å². The summed E-state index contributed by atoms with van der Waals surface area (Å²) in [6.45, 7) is 3.41. The molecule has 4 N–H and O–H groups in total. The molecule has 3 rings (SSSR count). The van der Waals surface area contributed by atoms with Gasteiger partial charge in [-0.3, -0.25) is 4.79 Å². The van der Waals surface area contributed by atoms with Gasteiger partial charge in [0.05, 0.1) is 6.10 Å². The van der Waals surface area contributed by atoms with E-state index in [1.54, 1.807) is 6.20 Å². The van der Waals surface area contributed by atoms with Gasteiger partial charge in [0.1, 0.15) is 11.4 Å². The quantitative estimate of drug-likeness (QED) is 0.633. The molecule has 0 saturated carbocycles. The molecule has 0 spiro atoms. The number of aliphatic hydroxyl groups excluding tert-OH is 1. The molecule has 0 fully saturated rings. The molecule has 28 heavy (non-hydrogen) atoms. The van der Waals surface area contributed by atoms with E-state index in [1.165, 1.54) is 0 Å². The molecule has 2 aromatic rings. The van der Waals surface area contributed by atoms with Gasteiger partial charge in [0.15, 0.2) is 0 Å². The van der Waals surface area contributed by atoms with Crippen molar-refractivity contribution in [2.75, 3.05) is 29.0 Å². The van der Waals surface area contributed by atoms with Crippen molar-refractivity contribution in [2.24, 2.45) is 0 Å². The number of aryl methyl sites for hydroxylation is 1. The zero-order valence-electron chi connectivity index (χ0n) is 16.4. The van der Waals surface area contributed by atoms with Crippen molar-refractivity contribution in [1.29, 1.82) is 0 Å². The number of fused-ring (bicyclic) bond motifs is 2. The summed E-state index contributed by atoms with van der Waals surface area (Å²) in [6, 6.07) is 7.65. The van der Waals surface area contributed by atoms with Crippen molar-refractivity contribution >= 4 is 23.4 Å². The van der Waals surface area contributed by atoms with Crippen LogP contribution >= 0.6 is 0 Å². The first-order valence-corrected chi connectivity index (χ1v) is 10.0. The lowest BCUT2D eigenvalue weighted by Gasteiger charge is -2.15. The molecule has 1 unspecified atom stereocenters. The summed E-state index contributed by atoms with van der Waals surface area (Å²) in [7, 11) is 0. The van der Waals surface area contributed by atoms with E-state index in [9.17, 15) is 9.90 Å². The fourth-order valence-corrected chi connectivity index (χ4v) is 3.17. The summed E-state index contributed by atoms with van der Waals surface area (Å²) in [5.41, 5.74) is 2.27. The van der Waals surface area contributed by atoms with Crippen molar-refractivity contribution in [1.82, 2.24) is 9.97 Å². The number of carbonyl (C=O) groups excluding carboxylic acids is 1. The number of nitrogens with zero attached hydrogens (tertiary/aromatic N) is 2. The van der Waals surface area contributed by atoms with Crippen LogP contribution in [0.5, 0.6) is 0 Å². The van der Waals surface area contributed by atoms with Gasteiger partial charge in [-0.25, -0.2) is 4.98 Å². The van der Waals surface area contributed by atoms with Gasteiger partial charge in [-0.15, -0.1) is 0 Å². The Morgan fingerprint density at radius 2 is 1.82 bits per heavy atom. The summed E-state index contributed by atoms with van der Waals surface area (Å²) in [5, 5.41) is 19.4. The number of nitrogens with one attached hydrogen (secondary N) is 3. The molecule has 2 heterocycles. The van der Waals surface area contributed by atoms with Gasteiger partial charge in [-0.2, -0.15) is 4.98 Å². The maximum Gasteiger partial charge on any atom is 0.260 e. The van der Waals surface area contributed by atoms with Crippen LogP contribution in [0, 0.1) is 6.92 Å². The Labute approximate surface area is 166 Å². The van der Waals surface area contributed by atoms with Crippen LogP contribution in [-0.2, 0) is 0 Å². The average molecular weight is 383 g/mol. The molecule has 0 radical (unpaired) electrons. The van der Waals surface area contributed by atoms with E-state index in [2.05, 4.69) is 25.9 Å². The number of hydrogen-bond donors (Lipinski definition) is 4. The molecular formula is C21H29N5O2. The normalized spacial score (nSPS) is 18.3. The van der Waals surface area contributed by atoms with Crippen LogP contribution in [-0.4, -0.2) is 40.2 Å². The molecule has 1 aliphatic rings. The summed E-state index contributed by atoms with van der Waals surface area (Å²) >= 11 is 0. The third kappa shape index (κ3) is 5.92. The second-order valence-electron chi connectivity index (χ2n) is 7.27. The molecule has 7 nitrogen and oxygen atoms in total. The zero-order chi connectivity index (χ0) is 19.8. The van der Waals surface area contributed by atoms with Crippen molar-refractivity contribution in [3.05, 3.63) is 41.6 Å². The first-order chi connectivity index (χ1) is 13.6. The minimum absolute atomic E-state index is 0.251. The molecule has 150 valence electrons. The van der Waals surface area contributed by atoms with Crippen LogP contribution in [0.25, 0.3) is 0 Å². The largest absolute Gasteiger partial charge is 0.393 e. The minimum atomic E-state index is -0.261. The number of aliphatic hydroxyl groups is 1. The van der Waals surface area contributed by atoms with Gasteiger partial charge in [0, 0.05) is 25.0 Å². The number of hydrogen-bond acceptors (Lipinski definition) is 6. The van der Waals surface area contributed by atoms with Gasteiger partial charge in [-0.1, -0.05) is 30.5 Å². The van der Waals surface area contributed by atoms with Crippen LogP contribution in [0.4, 0.5) is 17.5 Å². The van der Waals surface area contributed by atoms with E-state index < -0.39 is 0 Å². The van der Waals surface area contributed by atoms with Gasteiger partial charge in [-0.05, 0) is 44.7 Å². The highest BCUT2D eigenvalue weighted by molar-refractivity contribution is 6.07. The minimum Gasteiger partial charge on any atom is -0.393 e. The Morgan fingerprint density at radius 1 is 1.07 bits per heavy atom. The highest BCUT2D eigenvalue weighted by Crippen LogP contribution is 2.18. The SMILES string of the molecule is Cc1ccc(NC(=O)c2cnc3nc2NCCCC(O)CCCCCN3)cc1.